The lowest BCUT2D eigenvalue weighted by atomic mass is 10.1. The Balaban J connectivity index is 2.10. The first-order chi connectivity index (χ1) is 11.8. The smallest absolute Gasteiger partial charge is 0.416 e. The highest BCUT2D eigenvalue weighted by Gasteiger charge is 2.33. The Morgan fingerprint density at radius 2 is 1.76 bits per heavy atom. The van der Waals surface area contributed by atoms with Crippen molar-refractivity contribution in [3.05, 3.63) is 65.5 Å². The van der Waals surface area contributed by atoms with Gasteiger partial charge in [-0.25, -0.2) is 4.39 Å². The van der Waals surface area contributed by atoms with Crippen molar-refractivity contribution < 1.29 is 27.4 Å². The zero-order valence-electron chi connectivity index (χ0n) is 12.4. The molecule has 0 atom stereocenters. The number of ether oxygens (including phenoxy) is 1. The number of benzene rings is 3. The lowest BCUT2D eigenvalue weighted by Gasteiger charge is -2.14. The van der Waals surface area contributed by atoms with Crippen molar-refractivity contribution >= 4 is 10.8 Å². The van der Waals surface area contributed by atoms with Gasteiger partial charge >= 0.3 is 6.18 Å². The topological polar surface area (TPSA) is 53.2 Å². The Bertz CT molecular complexity index is 1010. The van der Waals surface area contributed by atoms with E-state index in [9.17, 15) is 22.7 Å². The van der Waals surface area contributed by atoms with Crippen LogP contribution in [0.1, 0.15) is 11.1 Å². The lowest BCUT2D eigenvalue weighted by molar-refractivity contribution is -0.137. The maximum Gasteiger partial charge on any atom is 0.416 e. The number of aromatic hydroxyl groups is 1. The molecule has 3 rings (SSSR count). The second kappa shape index (κ2) is 5.98. The molecule has 0 saturated heterocycles. The monoisotopic (exact) mass is 347 g/mol. The summed E-state index contributed by atoms with van der Waals surface area (Å²) in [5.74, 6) is -2.50. The van der Waals surface area contributed by atoms with Gasteiger partial charge in [0, 0.05) is 5.39 Å². The number of halogens is 4. The number of phenolic OH excluding ortho intramolecular Hbond substituents is 1. The van der Waals surface area contributed by atoms with E-state index in [0.717, 1.165) is 0 Å². The average molecular weight is 347 g/mol. The predicted molar refractivity (Wildman–Crippen MR) is 81.8 cm³/mol. The maximum atomic E-state index is 14.1. The Morgan fingerprint density at radius 3 is 2.44 bits per heavy atom. The molecule has 0 aliphatic heterocycles. The van der Waals surface area contributed by atoms with Gasteiger partial charge in [-0.2, -0.15) is 18.4 Å². The van der Waals surface area contributed by atoms with Gasteiger partial charge in [-0.3, -0.25) is 0 Å². The third kappa shape index (κ3) is 3.06. The lowest BCUT2D eigenvalue weighted by Crippen LogP contribution is -2.07. The summed E-state index contributed by atoms with van der Waals surface area (Å²) >= 11 is 0. The number of nitrogens with zero attached hydrogens (tertiary/aromatic N) is 1. The number of rotatable bonds is 2. The van der Waals surface area contributed by atoms with Crippen LogP contribution in [0.15, 0.2) is 48.5 Å². The summed E-state index contributed by atoms with van der Waals surface area (Å²) in [6.07, 6.45) is -4.80. The minimum absolute atomic E-state index is 0.172. The Labute approximate surface area is 139 Å². The molecule has 0 aliphatic carbocycles. The zero-order valence-corrected chi connectivity index (χ0v) is 12.4. The van der Waals surface area contributed by atoms with Gasteiger partial charge in [-0.05, 0) is 23.6 Å². The van der Waals surface area contributed by atoms with Crippen LogP contribution in [0.5, 0.6) is 17.2 Å². The molecule has 0 saturated carbocycles. The first-order valence-electron chi connectivity index (χ1n) is 7.00. The molecule has 0 aliphatic rings. The summed E-state index contributed by atoms with van der Waals surface area (Å²) in [5, 5.41) is 20.4. The minimum Gasteiger partial charge on any atom is -0.504 e. The van der Waals surface area contributed by atoms with Gasteiger partial charge in [0.2, 0.25) is 0 Å². The summed E-state index contributed by atoms with van der Waals surface area (Å²) in [6, 6.07) is 11.9. The molecule has 3 aromatic rings. The molecule has 3 aromatic carbocycles. The molecule has 1 N–H and O–H groups in total. The van der Waals surface area contributed by atoms with Gasteiger partial charge in [-0.1, -0.05) is 30.3 Å². The highest BCUT2D eigenvalue weighted by molar-refractivity contribution is 5.90. The quantitative estimate of drug-likeness (QED) is 0.634. The van der Waals surface area contributed by atoms with E-state index in [0.29, 0.717) is 16.8 Å². The standard InChI is InChI=1S/C18H9F4NO2/c19-14-8-12(18(20,21)22)7-11(9-23)17(14)25-15-6-5-10-3-1-2-4-13(10)16(15)24/h1-8,24H. The highest BCUT2D eigenvalue weighted by atomic mass is 19.4. The van der Waals surface area contributed by atoms with Crippen LogP contribution < -0.4 is 4.74 Å². The Hall–Kier alpha value is -3.27. The number of hydrogen-bond donors (Lipinski definition) is 1. The van der Waals surface area contributed by atoms with Crippen molar-refractivity contribution in [2.24, 2.45) is 0 Å². The van der Waals surface area contributed by atoms with Crippen molar-refractivity contribution in [3.8, 4) is 23.3 Å². The molecule has 0 aromatic heterocycles. The Kier molecular flexibility index (Phi) is 3.97. The van der Waals surface area contributed by atoms with E-state index in [-0.39, 0.29) is 17.6 Å². The van der Waals surface area contributed by atoms with Crippen molar-refractivity contribution in [1.29, 1.82) is 5.26 Å². The molecule has 0 amide bonds. The molecule has 0 heterocycles. The zero-order chi connectivity index (χ0) is 18.2. The largest absolute Gasteiger partial charge is 0.504 e. The third-order valence-electron chi connectivity index (χ3n) is 3.57. The van der Waals surface area contributed by atoms with Crippen molar-refractivity contribution in [3.63, 3.8) is 0 Å². The predicted octanol–water partition coefficient (Wildman–Crippen LogP) is 5.37. The third-order valence-corrected chi connectivity index (χ3v) is 3.57. The second-order valence-electron chi connectivity index (χ2n) is 5.18. The Morgan fingerprint density at radius 1 is 1.04 bits per heavy atom. The van der Waals surface area contributed by atoms with E-state index in [2.05, 4.69) is 0 Å². The molecular formula is C18H9F4NO2. The van der Waals surface area contributed by atoms with Crippen LogP contribution in [0.2, 0.25) is 0 Å². The molecule has 7 heteroatoms. The highest BCUT2D eigenvalue weighted by Crippen LogP contribution is 2.40. The van der Waals surface area contributed by atoms with Gasteiger partial charge in [0.15, 0.2) is 23.1 Å². The summed E-state index contributed by atoms with van der Waals surface area (Å²) in [7, 11) is 0. The molecule has 25 heavy (non-hydrogen) atoms. The summed E-state index contributed by atoms with van der Waals surface area (Å²) in [5.41, 5.74) is -1.92. The molecule has 3 nitrogen and oxygen atoms in total. The van der Waals surface area contributed by atoms with Crippen LogP contribution in [0.25, 0.3) is 10.8 Å². The number of fused-ring (bicyclic) bond motifs is 1. The maximum absolute atomic E-state index is 14.1. The molecule has 0 radical (unpaired) electrons. The molecule has 0 unspecified atom stereocenters. The van der Waals surface area contributed by atoms with Gasteiger partial charge in [0.05, 0.1) is 11.1 Å². The number of hydrogen-bond acceptors (Lipinski definition) is 3. The summed E-state index contributed by atoms with van der Waals surface area (Å²) in [4.78, 5) is 0. The fraction of sp³-hybridized carbons (Fsp3) is 0.0556. The minimum atomic E-state index is -4.80. The van der Waals surface area contributed by atoms with E-state index in [1.54, 1.807) is 30.3 Å². The van der Waals surface area contributed by atoms with Crippen molar-refractivity contribution in [1.82, 2.24) is 0 Å². The van der Waals surface area contributed by atoms with Gasteiger partial charge in [-0.15, -0.1) is 0 Å². The summed E-state index contributed by atoms with van der Waals surface area (Å²) < 4.78 is 57.5. The van der Waals surface area contributed by atoms with Crippen molar-refractivity contribution in [2.45, 2.75) is 6.18 Å². The van der Waals surface area contributed by atoms with E-state index in [1.807, 2.05) is 0 Å². The first kappa shape index (κ1) is 16.6. The van der Waals surface area contributed by atoms with E-state index < -0.39 is 28.9 Å². The van der Waals surface area contributed by atoms with Crippen molar-refractivity contribution in [2.75, 3.05) is 0 Å². The first-order valence-corrected chi connectivity index (χ1v) is 7.00. The molecule has 0 bridgehead atoms. The number of alkyl halides is 3. The van der Waals surface area contributed by atoms with E-state index in [1.165, 1.54) is 12.1 Å². The van der Waals surface area contributed by atoms with Gasteiger partial charge in [0.25, 0.3) is 0 Å². The summed E-state index contributed by atoms with van der Waals surface area (Å²) in [6.45, 7) is 0. The second-order valence-corrected chi connectivity index (χ2v) is 5.18. The fourth-order valence-corrected chi connectivity index (χ4v) is 2.37. The van der Waals surface area contributed by atoms with E-state index in [4.69, 9.17) is 10.00 Å². The fourth-order valence-electron chi connectivity index (χ4n) is 2.37. The van der Waals surface area contributed by atoms with E-state index >= 15 is 0 Å². The SMILES string of the molecule is N#Cc1cc(C(F)(F)F)cc(F)c1Oc1ccc2ccccc2c1O. The van der Waals surface area contributed by atoms with Crippen LogP contribution in [0, 0.1) is 17.1 Å². The molecule has 126 valence electrons. The molecule has 0 fully saturated rings. The normalized spacial score (nSPS) is 11.3. The van der Waals surface area contributed by atoms with Crippen LogP contribution in [-0.4, -0.2) is 5.11 Å². The van der Waals surface area contributed by atoms with Crippen LogP contribution in [0.4, 0.5) is 17.6 Å². The van der Waals surface area contributed by atoms with Gasteiger partial charge in [0.1, 0.15) is 6.07 Å². The van der Waals surface area contributed by atoms with Crippen LogP contribution >= 0.6 is 0 Å². The molecular weight excluding hydrogens is 338 g/mol. The number of phenols is 1. The average Bonchev–Trinajstić information content (AvgIpc) is 2.57. The van der Waals surface area contributed by atoms with Crippen LogP contribution in [0.3, 0.4) is 0 Å². The van der Waals surface area contributed by atoms with Gasteiger partial charge < -0.3 is 9.84 Å². The molecule has 0 spiro atoms. The number of nitriles is 1. The van der Waals surface area contributed by atoms with Crippen LogP contribution in [-0.2, 0) is 6.18 Å².